The predicted molar refractivity (Wildman–Crippen MR) is 194 cm³/mol. The third kappa shape index (κ3) is 10.8. The first-order valence-electron chi connectivity index (χ1n) is 17.3. The number of aliphatic hydroxyl groups is 1. The summed E-state index contributed by atoms with van der Waals surface area (Å²) in [5.74, 6) is 0.758. The van der Waals surface area contributed by atoms with E-state index in [9.17, 15) is 5.11 Å². The van der Waals surface area contributed by atoms with Gasteiger partial charge in [0.2, 0.25) is 0 Å². The Morgan fingerprint density at radius 3 is 1.39 bits per heavy atom. The molecule has 6 rings (SSSR count). The van der Waals surface area contributed by atoms with Gasteiger partial charge in [0, 0.05) is 0 Å². The van der Waals surface area contributed by atoms with Crippen LogP contribution in [0.2, 0.25) is 0 Å². The quantitative estimate of drug-likeness (QED) is 0.103. The van der Waals surface area contributed by atoms with Crippen molar-refractivity contribution in [2.45, 2.75) is 69.8 Å². The maximum atomic E-state index is 11.8. The van der Waals surface area contributed by atoms with E-state index in [2.05, 4.69) is 0 Å². The lowest BCUT2D eigenvalue weighted by Crippen LogP contribution is -2.63. The maximum absolute atomic E-state index is 11.8. The minimum Gasteiger partial charge on any atom is -0.497 e. The van der Waals surface area contributed by atoms with Gasteiger partial charge in [-0.1, -0.05) is 133 Å². The van der Waals surface area contributed by atoms with Gasteiger partial charge < -0.3 is 38.3 Å². The van der Waals surface area contributed by atoms with Crippen LogP contribution in [0.4, 0.5) is 0 Å². The summed E-state index contributed by atoms with van der Waals surface area (Å²) < 4.78 is 44.7. The highest BCUT2D eigenvalue weighted by molar-refractivity contribution is 5.27. The molecule has 6 atom stereocenters. The van der Waals surface area contributed by atoms with E-state index in [-0.39, 0.29) is 33.0 Å². The molecule has 1 fully saturated rings. The minimum atomic E-state index is -1.07. The molecule has 1 aliphatic heterocycles. The summed E-state index contributed by atoms with van der Waals surface area (Å²) in [7, 11) is 1.64. The van der Waals surface area contributed by atoms with Gasteiger partial charge in [0.05, 0.1) is 46.8 Å². The zero-order chi connectivity index (χ0) is 35.1. The lowest BCUT2D eigenvalue weighted by Gasteiger charge is -2.47. The van der Waals surface area contributed by atoms with Crippen LogP contribution >= 0.6 is 0 Å². The molecule has 266 valence electrons. The van der Waals surface area contributed by atoms with Crippen molar-refractivity contribution in [2.24, 2.45) is 0 Å². The van der Waals surface area contributed by atoms with Crippen molar-refractivity contribution in [1.82, 2.24) is 0 Å². The molecule has 0 radical (unpaired) electrons. The Bertz CT molecular complexity index is 1670. The Kier molecular flexibility index (Phi) is 13.8. The van der Waals surface area contributed by atoms with Gasteiger partial charge in [-0.15, -0.1) is 0 Å². The number of methoxy groups -OCH3 is 1. The van der Waals surface area contributed by atoms with Gasteiger partial charge in [0.25, 0.3) is 0 Å². The molecule has 8 heteroatoms. The average molecular weight is 691 g/mol. The molecular formula is C43H46O8. The Hall–Kier alpha value is -4.38. The van der Waals surface area contributed by atoms with E-state index in [1.54, 1.807) is 7.11 Å². The second-order valence-electron chi connectivity index (χ2n) is 12.5. The van der Waals surface area contributed by atoms with E-state index < -0.39 is 36.8 Å². The van der Waals surface area contributed by atoms with Gasteiger partial charge in [0.15, 0.2) is 6.29 Å². The van der Waals surface area contributed by atoms with Crippen molar-refractivity contribution in [3.63, 3.8) is 0 Å². The average Bonchev–Trinajstić information content (AvgIpc) is 3.19. The van der Waals surface area contributed by atoms with Gasteiger partial charge in [-0.25, -0.2) is 0 Å². The van der Waals surface area contributed by atoms with Crippen LogP contribution in [0.1, 0.15) is 27.8 Å². The summed E-state index contributed by atoms with van der Waals surface area (Å²) in [6.45, 7) is 1.44. The molecule has 1 heterocycles. The maximum Gasteiger partial charge on any atom is 0.187 e. The molecule has 0 bridgehead atoms. The third-order valence-corrected chi connectivity index (χ3v) is 8.74. The molecule has 5 aromatic carbocycles. The third-order valence-electron chi connectivity index (χ3n) is 8.74. The molecule has 1 aliphatic rings. The van der Waals surface area contributed by atoms with Gasteiger partial charge in [0.1, 0.15) is 36.3 Å². The van der Waals surface area contributed by atoms with Crippen LogP contribution in [-0.2, 0) is 61.5 Å². The SMILES string of the molecule is COc1ccc(CO[C@H]2[C@@H](OCc3ccccc3)O[C@H]([C@H](O)COCc3ccccc3)[C@@H](OCc3ccccc3)[C@@H]2OCc2ccccc2)cc1. The van der Waals surface area contributed by atoms with E-state index in [1.165, 1.54) is 0 Å². The van der Waals surface area contributed by atoms with Crippen molar-refractivity contribution >= 4 is 0 Å². The molecule has 0 saturated carbocycles. The fourth-order valence-corrected chi connectivity index (χ4v) is 6.00. The number of aliphatic hydroxyl groups excluding tert-OH is 1. The molecule has 0 spiro atoms. The highest BCUT2D eigenvalue weighted by atomic mass is 16.7. The van der Waals surface area contributed by atoms with E-state index in [4.69, 9.17) is 33.2 Å². The Morgan fingerprint density at radius 1 is 0.490 bits per heavy atom. The molecule has 1 saturated heterocycles. The zero-order valence-electron chi connectivity index (χ0n) is 28.9. The lowest BCUT2D eigenvalue weighted by atomic mass is 9.94. The first-order valence-corrected chi connectivity index (χ1v) is 17.3. The summed E-state index contributed by atoms with van der Waals surface area (Å²) in [6.07, 6.45) is -5.02. The monoisotopic (exact) mass is 690 g/mol. The largest absolute Gasteiger partial charge is 0.497 e. The molecule has 0 amide bonds. The fourth-order valence-electron chi connectivity index (χ4n) is 6.00. The number of benzene rings is 5. The van der Waals surface area contributed by atoms with Crippen molar-refractivity contribution in [1.29, 1.82) is 0 Å². The first-order chi connectivity index (χ1) is 25.2. The smallest absolute Gasteiger partial charge is 0.187 e. The second kappa shape index (κ2) is 19.3. The summed E-state index contributed by atoms with van der Waals surface area (Å²) >= 11 is 0. The van der Waals surface area contributed by atoms with Crippen LogP contribution in [0.15, 0.2) is 146 Å². The molecule has 0 aliphatic carbocycles. The summed E-state index contributed by atoms with van der Waals surface area (Å²) in [5, 5.41) is 11.8. The Morgan fingerprint density at radius 2 is 0.902 bits per heavy atom. The van der Waals surface area contributed by atoms with Crippen molar-refractivity contribution < 1.29 is 38.3 Å². The van der Waals surface area contributed by atoms with Crippen LogP contribution in [0.5, 0.6) is 5.75 Å². The van der Waals surface area contributed by atoms with Crippen molar-refractivity contribution in [3.05, 3.63) is 173 Å². The normalized spacial score (nSPS) is 20.9. The van der Waals surface area contributed by atoms with E-state index >= 15 is 0 Å². The molecule has 8 nitrogen and oxygen atoms in total. The lowest BCUT2D eigenvalue weighted by molar-refractivity contribution is -0.338. The zero-order valence-corrected chi connectivity index (χ0v) is 28.9. The number of hydrogen-bond donors (Lipinski definition) is 1. The van der Waals surface area contributed by atoms with Crippen molar-refractivity contribution in [3.8, 4) is 5.75 Å². The summed E-state index contributed by atoms with van der Waals surface area (Å²) in [5.41, 5.74) is 4.89. The van der Waals surface area contributed by atoms with Crippen LogP contribution in [0.25, 0.3) is 0 Å². The minimum absolute atomic E-state index is 0.0128. The van der Waals surface area contributed by atoms with Crippen LogP contribution in [-0.4, -0.2) is 55.6 Å². The Balaban J connectivity index is 1.30. The van der Waals surface area contributed by atoms with Crippen molar-refractivity contribution in [2.75, 3.05) is 13.7 Å². The number of hydrogen-bond acceptors (Lipinski definition) is 8. The predicted octanol–water partition coefficient (Wildman–Crippen LogP) is 7.27. The molecule has 51 heavy (non-hydrogen) atoms. The standard InChI is InChI=1S/C43H46O8/c1-45-37-24-22-36(23-25-37)29-49-42-41(48-28-34-18-10-4-11-19-34)40(47-27-33-16-8-3-9-17-33)39(38(44)31-46-26-32-14-6-2-7-15-32)51-43(42)50-30-35-20-12-5-13-21-35/h2-25,38-44H,26-31H2,1H3/t38-,39-,40-,41+,42-,43+/m1/s1. The number of rotatable bonds is 18. The first kappa shape index (κ1) is 36.4. The van der Waals surface area contributed by atoms with E-state index in [0.29, 0.717) is 6.61 Å². The van der Waals surface area contributed by atoms with Gasteiger partial charge in [-0.05, 0) is 39.9 Å². The molecule has 0 aromatic heterocycles. The van der Waals surface area contributed by atoms with E-state index in [0.717, 1.165) is 33.6 Å². The highest BCUT2D eigenvalue weighted by Crippen LogP contribution is 2.33. The van der Waals surface area contributed by atoms with Crippen LogP contribution in [0, 0.1) is 0 Å². The van der Waals surface area contributed by atoms with Crippen LogP contribution in [0.3, 0.4) is 0 Å². The van der Waals surface area contributed by atoms with Gasteiger partial charge in [-0.3, -0.25) is 0 Å². The Labute approximate surface area is 300 Å². The number of ether oxygens (including phenoxy) is 7. The summed E-state index contributed by atoms with van der Waals surface area (Å²) in [6, 6.07) is 47.3. The van der Waals surface area contributed by atoms with Gasteiger partial charge >= 0.3 is 0 Å². The topological polar surface area (TPSA) is 84.8 Å². The fraction of sp³-hybridized carbons (Fsp3) is 0.302. The van der Waals surface area contributed by atoms with Crippen LogP contribution < -0.4 is 4.74 Å². The molecular weight excluding hydrogens is 644 g/mol. The molecule has 1 N–H and O–H groups in total. The van der Waals surface area contributed by atoms with Gasteiger partial charge in [-0.2, -0.15) is 0 Å². The second-order valence-corrected chi connectivity index (χ2v) is 12.5. The highest BCUT2D eigenvalue weighted by Gasteiger charge is 2.51. The molecule has 0 unspecified atom stereocenters. The summed E-state index contributed by atoms with van der Waals surface area (Å²) in [4.78, 5) is 0. The van der Waals surface area contributed by atoms with E-state index in [1.807, 2.05) is 146 Å². The molecule has 5 aromatic rings.